The predicted molar refractivity (Wildman–Crippen MR) is 92.6 cm³/mol. The molecule has 0 amide bonds. The van der Waals surface area contributed by atoms with Crippen molar-refractivity contribution < 1.29 is 22.0 Å². The molecule has 3 aromatic rings. The molecule has 0 bridgehead atoms. The second-order valence-corrected chi connectivity index (χ2v) is 5.89. The van der Waals surface area contributed by atoms with E-state index in [4.69, 9.17) is 0 Å². The molecule has 2 nitrogen and oxygen atoms in total. The van der Waals surface area contributed by atoms with Crippen molar-refractivity contribution in [3.8, 4) is 22.5 Å². The van der Waals surface area contributed by atoms with Crippen molar-refractivity contribution in [2.45, 2.75) is 13.1 Å². The average Bonchev–Trinajstić information content (AvgIpc) is 2.61. The molecule has 0 aliphatic carbocycles. The number of allylic oxidation sites excluding steroid dienone is 1. The standard InChI is InChI=1S/C20H13F5N2/c1-12-2-4-13(5-3-12)15-10-26-19(27-11-15)14-8-17(21)16(18(22)9-14)6-7-20(23,24)25/h2-11H,1H3/b7-6+. The molecule has 0 aliphatic rings. The minimum absolute atomic E-state index is 0.0321. The van der Waals surface area contributed by atoms with Crippen molar-refractivity contribution in [1.29, 1.82) is 0 Å². The Kier molecular flexibility index (Phi) is 5.03. The number of aryl methyl sites for hydroxylation is 1. The first kappa shape index (κ1) is 18.7. The van der Waals surface area contributed by atoms with Gasteiger partial charge in [-0.2, -0.15) is 13.2 Å². The number of hydrogen-bond donors (Lipinski definition) is 0. The maximum Gasteiger partial charge on any atom is 0.409 e. The van der Waals surface area contributed by atoms with Gasteiger partial charge in [-0.15, -0.1) is 0 Å². The highest BCUT2D eigenvalue weighted by atomic mass is 19.4. The summed E-state index contributed by atoms with van der Waals surface area (Å²) in [6.07, 6.45) is -1.50. The van der Waals surface area contributed by atoms with E-state index in [1.54, 1.807) is 0 Å². The first-order valence-corrected chi connectivity index (χ1v) is 7.87. The molecule has 1 heterocycles. The second-order valence-electron chi connectivity index (χ2n) is 5.89. The van der Waals surface area contributed by atoms with Gasteiger partial charge in [-0.05, 0) is 30.7 Å². The smallest absolute Gasteiger partial charge is 0.236 e. The Labute approximate surface area is 152 Å². The third kappa shape index (κ3) is 4.55. The van der Waals surface area contributed by atoms with Crippen LogP contribution in [-0.2, 0) is 0 Å². The zero-order chi connectivity index (χ0) is 19.6. The third-order valence-corrected chi connectivity index (χ3v) is 3.81. The summed E-state index contributed by atoms with van der Waals surface area (Å²) < 4.78 is 64.7. The van der Waals surface area contributed by atoms with Gasteiger partial charge in [0.15, 0.2) is 5.82 Å². The summed E-state index contributed by atoms with van der Waals surface area (Å²) in [5, 5.41) is 0. The van der Waals surface area contributed by atoms with Gasteiger partial charge in [0, 0.05) is 35.2 Å². The topological polar surface area (TPSA) is 25.8 Å². The van der Waals surface area contributed by atoms with E-state index in [9.17, 15) is 22.0 Å². The van der Waals surface area contributed by atoms with Gasteiger partial charge in [-0.3, -0.25) is 0 Å². The van der Waals surface area contributed by atoms with Gasteiger partial charge >= 0.3 is 6.18 Å². The van der Waals surface area contributed by atoms with E-state index in [2.05, 4.69) is 9.97 Å². The monoisotopic (exact) mass is 376 g/mol. The van der Waals surface area contributed by atoms with Crippen molar-refractivity contribution >= 4 is 6.08 Å². The fourth-order valence-electron chi connectivity index (χ4n) is 2.42. The quantitative estimate of drug-likeness (QED) is 0.526. The Bertz CT molecular complexity index is 952. The molecule has 0 N–H and O–H groups in total. The number of halogens is 5. The molecule has 1 aromatic heterocycles. The Morgan fingerprint density at radius 3 is 1.89 bits per heavy atom. The molecule has 0 saturated heterocycles. The van der Waals surface area contributed by atoms with Crippen LogP contribution < -0.4 is 0 Å². The van der Waals surface area contributed by atoms with Crippen LogP contribution in [0.4, 0.5) is 22.0 Å². The first-order chi connectivity index (χ1) is 12.7. The maximum atomic E-state index is 14.0. The minimum Gasteiger partial charge on any atom is -0.236 e. The molecule has 3 rings (SSSR count). The maximum absolute atomic E-state index is 14.0. The number of nitrogens with zero attached hydrogens (tertiary/aromatic N) is 2. The first-order valence-electron chi connectivity index (χ1n) is 7.87. The fourth-order valence-corrected chi connectivity index (χ4v) is 2.42. The molecule has 27 heavy (non-hydrogen) atoms. The Morgan fingerprint density at radius 1 is 0.815 bits per heavy atom. The van der Waals surface area contributed by atoms with Crippen LogP contribution in [0.3, 0.4) is 0 Å². The number of hydrogen-bond acceptors (Lipinski definition) is 2. The van der Waals surface area contributed by atoms with Gasteiger partial charge in [0.2, 0.25) is 0 Å². The highest BCUT2D eigenvalue weighted by Gasteiger charge is 2.23. The normalized spacial score (nSPS) is 11.9. The van der Waals surface area contributed by atoms with Gasteiger partial charge in [-0.25, -0.2) is 18.7 Å². The molecule has 0 radical (unpaired) electrons. The van der Waals surface area contributed by atoms with Crippen molar-refractivity contribution in [2.24, 2.45) is 0 Å². The lowest BCUT2D eigenvalue weighted by Crippen LogP contribution is -2.01. The summed E-state index contributed by atoms with van der Waals surface area (Å²) in [7, 11) is 0. The van der Waals surface area contributed by atoms with E-state index in [1.165, 1.54) is 12.4 Å². The van der Waals surface area contributed by atoms with E-state index in [-0.39, 0.29) is 17.5 Å². The minimum atomic E-state index is -4.66. The molecule has 0 saturated carbocycles. The van der Waals surface area contributed by atoms with Crippen LogP contribution in [0.1, 0.15) is 11.1 Å². The van der Waals surface area contributed by atoms with Gasteiger partial charge < -0.3 is 0 Å². The van der Waals surface area contributed by atoms with Crippen LogP contribution in [0.2, 0.25) is 0 Å². The number of rotatable bonds is 3. The van der Waals surface area contributed by atoms with Gasteiger partial charge in [0.05, 0.1) is 0 Å². The van der Waals surface area contributed by atoms with E-state index >= 15 is 0 Å². The van der Waals surface area contributed by atoms with E-state index in [0.717, 1.165) is 28.8 Å². The van der Waals surface area contributed by atoms with E-state index in [0.29, 0.717) is 6.08 Å². The molecule has 7 heteroatoms. The second kappa shape index (κ2) is 7.26. The fraction of sp³-hybridized carbons (Fsp3) is 0.100. The van der Waals surface area contributed by atoms with E-state index in [1.807, 2.05) is 31.2 Å². The van der Waals surface area contributed by atoms with Gasteiger partial charge in [0.1, 0.15) is 11.6 Å². The summed E-state index contributed by atoms with van der Waals surface area (Å²) in [6.45, 7) is 1.96. The Balaban J connectivity index is 1.90. The highest BCUT2D eigenvalue weighted by molar-refractivity contribution is 5.65. The lowest BCUT2D eigenvalue weighted by molar-refractivity contribution is -0.0790. The van der Waals surface area contributed by atoms with Crippen molar-refractivity contribution in [1.82, 2.24) is 9.97 Å². The van der Waals surface area contributed by atoms with Crippen molar-refractivity contribution in [2.75, 3.05) is 0 Å². The predicted octanol–water partition coefficient (Wildman–Crippen LogP) is 5.97. The zero-order valence-corrected chi connectivity index (χ0v) is 14.1. The highest BCUT2D eigenvalue weighted by Crippen LogP contribution is 2.26. The van der Waals surface area contributed by atoms with Crippen LogP contribution in [0.5, 0.6) is 0 Å². The molecule has 0 atom stereocenters. The lowest BCUT2D eigenvalue weighted by atomic mass is 10.1. The molecule has 0 spiro atoms. The number of aromatic nitrogens is 2. The molecule has 0 unspecified atom stereocenters. The van der Waals surface area contributed by atoms with E-state index < -0.39 is 23.4 Å². The van der Waals surface area contributed by atoms with Gasteiger partial charge in [0.25, 0.3) is 0 Å². The zero-order valence-electron chi connectivity index (χ0n) is 14.1. The van der Waals surface area contributed by atoms with Crippen molar-refractivity contribution in [3.63, 3.8) is 0 Å². The summed E-state index contributed by atoms with van der Waals surface area (Å²) in [6, 6.07) is 9.46. The Hall–Kier alpha value is -3.09. The molecule has 0 aliphatic heterocycles. The summed E-state index contributed by atoms with van der Waals surface area (Å²) in [5.41, 5.74) is 1.97. The SMILES string of the molecule is Cc1ccc(-c2cnc(-c3cc(F)c(/C=C/C(F)(F)F)c(F)c3)nc2)cc1. The molecule has 138 valence electrons. The van der Waals surface area contributed by atoms with Crippen LogP contribution in [0, 0.1) is 18.6 Å². The van der Waals surface area contributed by atoms with Gasteiger partial charge in [-0.1, -0.05) is 29.8 Å². The largest absolute Gasteiger partial charge is 0.409 e. The molecular formula is C20H13F5N2. The average molecular weight is 376 g/mol. The Morgan fingerprint density at radius 2 is 1.37 bits per heavy atom. The van der Waals surface area contributed by atoms with Crippen LogP contribution in [0.25, 0.3) is 28.6 Å². The summed E-state index contributed by atoms with van der Waals surface area (Å²) in [5.74, 6) is -2.19. The summed E-state index contributed by atoms with van der Waals surface area (Å²) >= 11 is 0. The summed E-state index contributed by atoms with van der Waals surface area (Å²) in [4.78, 5) is 8.20. The molecular weight excluding hydrogens is 363 g/mol. The van der Waals surface area contributed by atoms with Crippen molar-refractivity contribution in [3.05, 3.63) is 77.6 Å². The molecule has 2 aromatic carbocycles. The van der Waals surface area contributed by atoms with Crippen LogP contribution in [0.15, 0.2) is 54.9 Å². The third-order valence-electron chi connectivity index (χ3n) is 3.81. The molecule has 0 fully saturated rings. The number of benzene rings is 2. The lowest BCUT2D eigenvalue weighted by Gasteiger charge is -2.07. The van der Waals surface area contributed by atoms with Crippen LogP contribution >= 0.6 is 0 Å². The van der Waals surface area contributed by atoms with Crippen LogP contribution in [-0.4, -0.2) is 16.1 Å². The number of alkyl halides is 3.